The number of carbonyl (C=O) groups is 2. The van der Waals surface area contributed by atoms with Crippen LogP contribution in [0.4, 0.5) is 0 Å². The van der Waals surface area contributed by atoms with Gasteiger partial charge in [0.05, 0.1) is 0 Å². The van der Waals surface area contributed by atoms with E-state index in [-0.39, 0.29) is 5.57 Å². The predicted octanol–water partition coefficient (Wildman–Crippen LogP) is -0.104. The summed E-state index contributed by atoms with van der Waals surface area (Å²) in [5.74, 6) is -2.42. The zero-order valence-electron chi connectivity index (χ0n) is 7.38. The number of hydrogen-bond acceptors (Lipinski definition) is 3. The lowest BCUT2D eigenvalue weighted by Crippen LogP contribution is -2.01. The molecule has 14 heavy (non-hydrogen) atoms. The van der Waals surface area contributed by atoms with Gasteiger partial charge in [-0.1, -0.05) is 6.58 Å². The van der Waals surface area contributed by atoms with Gasteiger partial charge in [0.2, 0.25) is 0 Å². The van der Waals surface area contributed by atoms with E-state index in [1.807, 2.05) is 0 Å². The Hall–Kier alpha value is -1.17. The second-order valence-corrected chi connectivity index (χ2v) is 3.95. The van der Waals surface area contributed by atoms with Crippen molar-refractivity contribution in [3.8, 4) is 0 Å². The number of carboxylic acids is 2. The van der Waals surface area contributed by atoms with Crippen LogP contribution in [0.25, 0.3) is 0 Å². The van der Waals surface area contributed by atoms with Crippen molar-refractivity contribution >= 4 is 19.5 Å². The molecule has 0 bridgehead atoms. The summed E-state index contributed by atoms with van der Waals surface area (Å²) >= 11 is 0. The summed E-state index contributed by atoms with van der Waals surface area (Å²) in [4.78, 5) is 35.0. The first-order valence-corrected chi connectivity index (χ1v) is 5.01. The summed E-state index contributed by atoms with van der Waals surface area (Å²) in [5.41, 5.74) is 0.176. The third-order valence-electron chi connectivity index (χ3n) is 0.706. The standard InChI is InChI=1S/C4H6O2.C2H5O5P/c1-3(2)4(5)6;3-2(4)1-8(5,6)7/h1H2,2H3,(H,5,6);1H2,(H,3,4)(H2,5,6,7). The summed E-state index contributed by atoms with van der Waals surface area (Å²) < 4.78 is 9.76. The molecular formula is C6H11O7P. The molecule has 8 heteroatoms. The van der Waals surface area contributed by atoms with Crippen molar-refractivity contribution in [3.05, 3.63) is 12.2 Å². The first-order chi connectivity index (χ1) is 6.06. The maximum Gasteiger partial charge on any atom is 0.336 e. The number of hydrogen-bond donors (Lipinski definition) is 4. The van der Waals surface area contributed by atoms with Gasteiger partial charge in [-0.25, -0.2) is 4.79 Å². The van der Waals surface area contributed by atoms with Gasteiger partial charge in [-0.2, -0.15) is 0 Å². The van der Waals surface area contributed by atoms with Gasteiger partial charge in [0.25, 0.3) is 0 Å². The summed E-state index contributed by atoms with van der Waals surface area (Å²) in [6.07, 6.45) is -1.09. The molecule has 0 aliphatic rings. The van der Waals surface area contributed by atoms with E-state index >= 15 is 0 Å². The summed E-state index contributed by atoms with van der Waals surface area (Å²) in [6.45, 7) is 4.60. The zero-order chi connectivity index (χ0) is 11.9. The van der Waals surface area contributed by atoms with Gasteiger partial charge in [0, 0.05) is 5.57 Å². The van der Waals surface area contributed by atoms with Crippen molar-refractivity contribution in [3.63, 3.8) is 0 Å². The molecule has 0 spiro atoms. The number of aliphatic carboxylic acids is 2. The van der Waals surface area contributed by atoms with Crippen LogP contribution in [-0.4, -0.2) is 38.1 Å². The Morgan fingerprint density at radius 1 is 1.29 bits per heavy atom. The van der Waals surface area contributed by atoms with Gasteiger partial charge in [0.1, 0.15) is 6.16 Å². The number of rotatable bonds is 3. The molecule has 0 saturated heterocycles. The quantitative estimate of drug-likeness (QED) is 0.390. The van der Waals surface area contributed by atoms with Gasteiger partial charge < -0.3 is 20.0 Å². The van der Waals surface area contributed by atoms with E-state index in [4.69, 9.17) is 20.0 Å². The van der Waals surface area contributed by atoms with Crippen LogP contribution >= 0.6 is 7.60 Å². The van der Waals surface area contributed by atoms with Crippen molar-refractivity contribution < 1.29 is 34.2 Å². The maximum absolute atomic E-state index is 9.76. The monoisotopic (exact) mass is 226 g/mol. The van der Waals surface area contributed by atoms with Crippen LogP contribution in [0.15, 0.2) is 12.2 Å². The van der Waals surface area contributed by atoms with Gasteiger partial charge in [-0.15, -0.1) is 0 Å². The minimum Gasteiger partial charge on any atom is -0.481 e. The largest absolute Gasteiger partial charge is 0.481 e. The van der Waals surface area contributed by atoms with Crippen molar-refractivity contribution in [1.82, 2.24) is 0 Å². The molecule has 0 aromatic rings. The van der Waals surface area contributed by atoms with Crippen LogP contribution in [0, 0.1) is 0 Å². The van der Waals surface area contributed by atoms with E-state index in [0.717, 1.165) is 0 Å². The molecule has 0 fully saturated rings. The fourth-order valence-corrected chi connectivity index (χ4v) is 0.529. The highest BCUT2D eigenvalue weighted by atomic mass is 31.2. The molecule has 0 heterocycles. The topological polar surface area (TPSA) is 132 Å². The van der Waals surface area contributed by atoms with E-state index in [9.17, 15) is 14.2 Å². The molecule has 0 aromatic heterocycles. The Labute approximate surface area is 79.8 Å². The van der Waals surface area contributed by atoms with Gasteiger partial charge in [-0.3, -0.25) is 9.36 Å². The molecule has 0 aromatic carbocycles. The van der Waals surface area contributed by atoms with Crippen LogP contribution in [0.3, 0.4) is 0 Å². The number of carboxylic acid groups (broad SMARTS) is 2. The molecule has 0 aliphatic carbocycles. The molecule has 0 rings (SSSR count). The van der Waals surface area contributed by atoms with Gasteiger partial charge in [-0.05, 0) is 6.92 Å². The Kier molecular flexibility index (Phi) is 6.90. The molecule has 7 nitrogen and oxygen atoms in total. The average Bonchev–Trinajstić information content (AvgIpc) is 1.81. The van der Waals surface area contributed by atoms with Crippen LogP contribution in [0.2, 0.25) is 0 Å². The second-order valence-electron chi connectivity index (χ2n) is 2.30. The molecule has 0 amide bonds. The lowest BCUT2D eigenvalue weighted by atomic mass is 10.4. The fraction of sp³-hybridized carbons (Fsp3) is 0.333. The lowest BCUT2D eigenvalue weighted by molar-refractivity contribution is -0.134. The van der Waals surface area contributed by atoms with Crippen LogP contribution in [0.1, 0.15) is 6.92 Å². The first-order valence-electron chi connectivity index (χ1n) is 3.21. The highest BCUT2D eigenvalue weighted by Crippen LogP contribution is 2.33. The highest BCUT2D eigenvalue weighted by Gasteiger charge is 2.17. The Balaban J connectivity index is 0. The summed E-state index contributed by atoms with van der Waals surface area (Å²) in [5, 5.41) is 15.6. The normalized spacial score (nSPS) is 9.64. The second kappa shape index (κ2) is 6.31. The Morgan fingerprint density at radius 3 is 1.57 bits per heavy atom. The highest BCUT2D eigenvalue weighted by molar-refractivity contribution is 7.52. The SMILES string of the molecule is C=C(C)C(=O)O.O=C(O)CP(=O)(O)O. The van der Waals surface area contributed by atoms with Crippen molar-refractivity contribution in [2.75, 3.05) is 6.16 Å². The van der Waals surface area contributed by atoms with Crippen LogP contribution in [-0.2, 0) is 14.2 Å². The van der Waals surface area contributed by atoms with Gasteiger partial charge in [0.15, 0.2) is 0 Å². The summed E-state index contributed by atoms with van der Waals surface area (Å²) in [7, 11) is -4.32. The molecule has 4 N–H and O–H groups in total. The predicted molar refractivity (Wildman–Crippen MR) is 47.0 cm³/mol. The first kappa shape index (κ1) is 15.3. The molecular weight excluding hydrogens is 215 g/mol. The van der Waals surface area contributed by atoms with Gasteiger partial charge >= 0.3 is 19.5 Å². The molecule has 0 aliphatic heterocycles. The lowest BCUT2D eigenvalue weighted by Gasteiger charge is -1.95. The van der Waals surface area contributed by atoms with Crippen molar-refractivity contribution in [1.29, 1.82) is 0 Å². The average molecular weight is 226 g/mol. The molecule has 82 valence electrons. The smallest absolute Gasteiger partial charge is 0.336 e. The Morgan fingerprint density at radius 2 is 1.57 bits per heavy atom. The third-order valence-corrected chi connectivity index (χ3v) is 1.39. The van der Waals surface area contributed by atoms with E-state index < -0.39 is 25.7 Å². The summed E-state index contributed by atoms with van der Waals surface area (Å²) in [6, 6.07) is 0. The van der Waals surface area contributed by atoms with E-state index in [0.29, 0.717) is 0 Å². The fourth-order valence-electron chi connectivity index (χ4n) is 0.176. The zero-order valence-corrected chi connectivity index (χ0v) is 8.27. The van der Waals surface area contributed by atoms with Crippen LogP contribution in [0.5, 0.6) is 0 Å². The maximum atomic E-state index is 9.76. The Bertz CT molecular complexity index is 264. The minimum atomic E-state index is -4.32. The third kappa shape index (κ3) is 17.1. The molecule has 0 unspecified atom stereocenters. The van der Waals surface area contributed by atoms with Crippen LogP contribution < -0.4 is 0 Å². The van der Waals surface area contributed by atoms with Crippen molar-refractivity contribution in [2.24, 2.45) is 0 Å². The van der Waals surface area contributed by atoms with Crippen molar-refractivity contribution in [2.45, 2.75) is 6.92 Å². The van der Waals surface area contributed by atoms with E-state index in [2.05, 4.69) is 6.58 Å². The van der Waals surface area contributed by atoms with E-state index in [1.54, 1.807) is 0 Å². The molecule has 0 saturated carbocycles. The molecule has 0 atom stereocenters. The minimum absolute atomic E-state index is 0.176. The van der Waals surface area contributed by atoms with E-state index in [1.165, 1.54) is 6.92 Å². The molecule has 0 radical (unpaired) electrons.